The summed E-state index contributed by atoms with van der Waals surface area (Å²) in [6.45, 7) is 1.99. The van der Waals surface area contributed by atoms with Gasteiger partial charge < -0.3 is 9.47 Å². The number of ether oxygens (including phenoxy) is 2. The molecule has 1 unspecified atom stereocenters. The van der Waals surface area contributed by atoms with Crippen LogP contribution in [0, 0.1) is 6.92 Å². The summed E-state index contributed by atoms with van der Waals surface area (Å²) in [6.07, 6.45) is 2.79. The average Bonchev–Trinajstić information content (AvgIpc) is 2.39. The minimum absolute atomic E-state index is 0.232. The quantitative estimate of drug-likeness (QED) is 0.564. The van der Waals surface area contributed by atoms with Crippen LogP contribution in [0.15, 0.2) is 33.6 Å². The van der Waals surface area contributed by atoms with Crippen molar-refractivity contribution in [3.8, 4) is 0 Å². The van der Waals surface area contributed by atoms with Gasteiger partial charge in [0.2, 0.25) is 0 Å². The van der Waals surface area contributed by atoms with Gasteiger partial charge in [0.1, 0.15) is 0 Å². The molecule has 0 aromatic heterocycles. The predicted molar refractivity (Wildman–Crippen MR) is 73.1 cm³/mol. The molecule has 5 heteroatoms. The molecule has 1 aromatic rings. The summed E-state index contributed by atoms with van der Waals surface area (Å²) in [5.74, 6) is 0. The molecule has 0 spiro atoms. The Kier molecular flexibility index (Phi) is 6.78. The van der Waals surface area contributed by atoms with Crippen LogP contribution in [-0.4, -0.2) is 30.9 Å². The first kappa shape index (κ1) is 15.0. The second kappa shape index (κ2) is 8.13. The number of methoxy groups -OCH3 is 2. The van der Waals surface area contributed by atoms with E-state index in [0.29, 0.717) is 17.7 Å². The van der Waals surface area contributed by atoms with Crippen molar-refractivity contribution in [2.45, 2.75) is 31.0 Å². The van der Waals surface area contributed by atoms with Gasteiger partial charge in [0.05, 0.1) is 4.90 Å². The van der Waals surface area contributed by atoms with Crippen LogP contribution in [0.25, 0.3) is 0 Å². The lowest BCUT2D eigenvalue weighted by atomic mass is 10.2. The largest absolute Gasteiger partial charge is 0.356 e. The fourth-order valence-corrected chi connectivity index (χ4v) is 2.11. The highest BCUT2D eigenvalue weighted by Crippen LogP contribution is 2.09. The van der Waals surface area contributed by atoms with E-state index in [9.17, 15) is 4.21 Å². The molecule has 0 amide bonds. The molecular weight excluding hydrogens is 250 g/mol. The van der Waals surface area contributed by atoms with Crippen molar-refractivity contribution in [3.63, 3.8) is 0 Å². The normalized spacial score (nSPS) is 13.3. The van der Waals surface area contributed by atoms with Gasteiger partial charge in [-0.15, -0.1) is 0 Å². The molecular formula is C13H19NO3S. The summed E-state index contributed by atoms with van der Waals surface area (Å²) in [6, 6.07) is 7.51. The van der Waals surface area contributed by atoms with Gasteiger partial charge in [-0.05, 0) is 25.5 Å². The van der Waals surface area contributed by atoms with E-state index in [1.807, 2.05) is 31.2 Å². The zero-order valence-corrected chi connectivity index (χ0v) is 11.8. The molecule has 0 saturated carbocycles. The Bertz CT molecular complexity index is 399. The summed E-state index contributed by atoms with van der Waals surface area (Å²) in [5, 5.41) is 0. The smallest absolute Gasteiger partial charge is 0.172 e. The number of hydrogen-bond acceptors (Lipinski definition) is 3. The van der Waals surface area contributed by atoms with Crippen LogP contribution < -0.4 is 0 Å². The molecule has 100 valence electrons. The van der Waals surface area contributed by atoms with Crippen molar-refractivity contribution in [3.05, 3.63) is 29.8 Å². The third-order valence-corrected chi connectivity index (χ3v) is 3.47. The zero-order valence-electron chi connectivity index (χ0n) is 11.0. The van der Waals surface area contributed by atoms with Crippen molar-refractivity contribution in [2.75, 3.05) is 14.2 Å². The van der Waals surface area contributed by atoms with E-state index in [1.165, 1.54) is 0 Å². The molecule has 0 aliphatic heterocycles. The highest BCUT2D eigenvalue weighted by Gasteiger charge is 2.03. The van der Waals surface area contributed by atoms with Crippen LogP contribution >= 0.6 is 0 Å². The molecule has 1 atom stereocenters. The monoisotopic (exact) mass is 269 g/mol. The van der Waals surface area contributed by atoms with Crippen molar-refractivity contribution >= 4 is 17.2 Å². The van der Waals surface area contributed by atoms with Gasteiger partial charge >= 0.3 is 0 Å². The third-order valence-electron chi connectivity index (χ3n) is 2.45. The van der Waals surface area contributed by atoms with Crippen molar-refractivity contribution in [1.29, 1.82) is 0 Å². The lowest BCUT2D eigenvalue weighted by Crippen LogP contribution is -2.12. The average molecular weight is 269 g/mol. The standard InChI is InChI=1S/C13H19NO3S/c1-11-6-8-12(9-7-11)18(15)14-10-4-5-13(16-2)17-3/h6-10,13H,4-5H2,1-3H3/b14-10+. The zero-order chi connectivity index (χ0) is 13.4. The Morgan fingerprint density at radius 3 is 2.44 bits per heavy atom. The lowest BCUT2D eigenvalue weighted by Gasteiger charge is -2.10. The molecule has 0 heterocycles. The molecule has 1 rings (SSSR count). The Balaban J connectivity index is 2.42. The van der Waals surface area contributed by atoms with E-state index < -0.39 is 11.0 Å². The highest BCUT2D eigenvalue weighted by atomic mass is 32.2. The molecule has 0 bridgehead atoms. The van der Waals surface area contributed by atoms with Gasteiger partial charge in [0.25, 0.3) is 0 Å². The number of hydrogen-bond donors (Lipinski definition) is 0. The van der Waals surface area contributed by atoms with Gasteiger partial charge in [-0.2, -0.15) is 4.40 Å². The molecule has 0 radical (unpaired) electrons. The molecule has 0 fully saturated rings. The van der Waals surface area contributed by atoms with Gasteiger partial charge in [0, 0.05) is 26.9 Å². The van der Waals surface area contributed by atoms with Crippen LogP contribution in [0.2, 0.25) is 0 Å². The third kappa shape index (κ3) is 5.08. The van der Waals surface area contributed by atoms with E-state index in [1.54, 1.807) is 20.4 Å². The maximum Gasteiger partial charge on any atom is 0.172 e. The fourth-order valence-electron chi connectivity index (χ4n) is 1.38. The van der Waals surface area contributed by atoms with E-state index >= 15 is 0 Å². The first-order valence-electron chi connectivity index (χ1n) is 5.74. The van der Waals surface area contributed by atoms with Crippen molar-refractivity contribution in [1.82, 2.24) is 0 Å². The fraction of sp³-hybridized carbons (Fsp3) is 0.462. The first-order valence-corrected chi connectivity index (χ1v) is 6.84. The molecule has 18 heavy (non-hydrogen) atoms. The Hall–Kier alpha value is -1.04. The number of aryl methyl sites for hydroxylation is 1. The van der Waals surface area contributed by atoms with Gasteiger partial charge in [-0.1, -0.05) is 17.7 Å². The molecule has 0 N–H and O–H groups in total. The van der Waals surface area contributed by atoms with Gasteiger partial charge in [-0.3, -0.25) is 0 Å². The van der Waals surface area contributed by atoms with Crippen LogP contribution in [0.3, 0.4) is 0 Å². The second-order valence-corrected chi connectivity index (χ2v) is 5.01. The second-order valence-electron chi connectivity index (χ2n) is 3.83. The summed E-state index contributed by atoms with van der Waals surface area (Å²) >= 11 is 0. The molecule has 0 saturated heterocycles. The molecule has 1 aromatic carbocycles. The lowest BCUT2D eigenvalue weighted by molar-refractivity contribution is -0.104. The minimum atomic E-state index is -1.32. The van der Waals surface area contributed by atoms with Crippen LogP contribution in [-0.2, 0) is 20.5 Å². The summed E-state index contributed by atoms with van der Waals surface area (Å²) in [4.78, 5) is 0.715. The number of rotatable bonds is 7. The van der Waals surface area contributed by atoms with Gasteiger partial charge in [-0.25, -0.2) is 4.21 Å². The van der Waals surface area contributed by atoms with E-state index in [-0.39, 0.29) is 6.29 Å². The summed E-state index contributed by atoms with van der Waals surface area (Å²) < 4.78 is 25.9. The first-order chi connectivity index (χ1) is 8.67. The van der Waals surface area contributed by atoms with E-state index in [2.05, 4.69) is 4.40 Å². The molecule has 0 aliphatic rings. The van der Waals surface area contributed by atoms with Gasteiger partial charge in [0.15, 0.2) is 17.3 Å². The summed E-state index contributed by atoms with van der Waals surface area (Å²) in [7, 11) is 1.86. The minimum Gasteiger partial charge on any atom is -0.356 e. The van der Waals surface area contributed by atoms with Crippen molar-refractivity contribution in [2.24, 2.45) is 4.40 Å². The maximum atomic E-state index is 11.8. The topological polar surface area (TPSA) is 47.9 Å². The summed E-state index contributed by atoms with van der Waals surface area (Å²) in [5.41, 5.74) is 1.14. The Morgan fingerprint density at radius 2 is 1.89 bits per heavy atom. The molecule has 0 aliphatic carbocycles. The van der Waals surface area contributed by atoms with E-state index in [0.717, 1.165) is 5.56 Å². The maximum absolute atomic E-state index is 11.8. The van der Waals surface area contributed by atoms with E-state index in [4.69, 9.17) is 9.47 Å². The van der Waals surface area contributed by atoms with Crippen LogP contribution in [0.4, 0.5) is 0 Å². The number of nitrogens with zero attached hydrogens (tertiary/aromatic N) is 1. The van der Waals surface area contributed by atoms with Crippen LogP contribution in [0.5, 0.6) is 0 Å². The SMILES string of the molecule is COC(CC/C=N/S(=O)c1ccc(C)cc1)OC. The molecule has 4 nitrogen and oxygen atoms in total. The predicted octanol–water partition coefficient (Wildman–Crippen LogP) is 2.49. The highest BCUT2D eigenvalue weighted by molar-refractivity contribution is 7.83. The Labute approximate surface area is 111 Å². The number of benzene rings is 1. The van der Waals surface area contributed by atoms with Crippen LogP contribution in [0.1, 0.15) is 18.4 Å². The van der Waals surface area contributed by atoms with Crippen molar-refractivity contribution < 1.29 is 13.7 Å². The Morgan fingerprint density at radius 1 is 1.28 bits per heavy atom.